The number of rotatable bonds is 8. The lowest BCUT2D eigenvalue weighted by Crippen LogP contribution is -2.38. The average molecular weight is 392 g/mol. The van der Waals surface area contributed by atoms with E-state index < -0.39 is 9.84 Å². The third-order valence-corrected chi connectivity index (χ3v) is 5.23. The largest absolute Gasteiger partial charge is 0.356 e. The highest BCUT2D eigenvalue weighted by Crippen LogP contribution is 2.10. The third kappa shape index (κ3) is 7.38. The Morgan fingerprint density at radius 1 is 1.00 bits per heavy atom. The molecule has 0 bridgehead atoms. The zero-order chi connectivity index (χ0) is 19.7. The van der Waals surface area contributed by atoms with Gasteiger partial charge in [-0.1, -0.05) is 24.3 Å². The fourth-order valence-corrected chi connectivity index (χ4v) is 3.27. The van der Waals surface area contributed by atoms with Gasteiger partial charge in [0.2, 0.25) is 0 Å². The van der Waals surface area contributed by atoms with Crippen LogP contribution in [0.5, 0.6) is 0 Å². The van der Waals surface area contributed by atoms with Crippen molar-refractivity contribution in [3.05, 3.63) is 65.5 Å². The van der Waals surface area contributed by atoms with Gasteiger partial charge in [-0.25, -0.2) is 12.8 Å². The Morgan fingerprint density at radius 3 is 2.33 bits per heavy atom. The van der Waals surface area contributed by atoms with Gasteiger partial charge in [0, 0.05) is 26.4 Å². The molecule has 0 saturated heterocycles. The summed E-state index contributed by atoms with van der Waals surface area (Å²) in [5, 5.41) is 6.47. The minimum absolute atomic E-state index is 0.206. The first kappa shape index (κ1) is 20.9. The van der Waals surface area contributed by atoms with Crippen LogP contribution in [0.3, 0.4) is 0 Å². The number of benzene rings is 2. The fourth-order valence-electron chi connectivity index (χ4n) is 2.64. The topological polar surface area (TPSA) is 70.6 Å². The van der Waals surface area contributed by atoms with E-state index >= 15 is 0 Å². The molecule has 0 fully saturated rings. The minimum atomic E-state index is -3.16. The Morgan fingerprint density at radius 2 is 1.70 bits per heavy atom. The zero-order valence-electron chi connectivity index (χ0n) is 15.7. The molecule has 5 nitrogen and oxygen atoms in total. The lowest BCUT2D eigenvalue weighted by atomic mass is 10.1. The fraction of sp³-hybridized carbons (Fsp3) is 0.350. The molecule has 7 heteroatoms. The molecule has 2 N–H and O–H groups in total. The Bertz CT molecular complexity index is 865. The molecule has 0 aliphatic heterocycles. The molecule has 0 saturated carbocycles. The summed E-state index contributed by atoms with van der Waals surface area (Å²) >= 11 is 0. The normalized spacial score (nSPS) is 12.0. The molecule has 2 aromatic carbocycles. The van der Waals surface area contributed by atoms with E-state index in [4.69, 9.17) is 0 Å². The van der Waals surface area contributed by atoms with Crippen LogP contribution in [0.4, 0.5) is 4.39 Å². The van der Waals surface area contributed by atoms with Gasteiger partial charge in [-0.3, -0.25) is 4.99 Å². The molecule has 0 aliphatic rings. The second-order valence-electron chi connectivity index (χ2n) is 6.33. The van der Waals surface area contributed by atoms with Gasteiger partial charge in [-0.05, 0) is 54.7 Å². The molecule has 0 heterocycles. The highest BCUT2D eigenvalue weighted by Gasteiger charge is 2.06. The van der Waals surface area contributed by atoms with Crippen LogP contribution < -0.4 is 10.6 Å². The molecule has 0 aliphatic carbocycles. The maximum absolute atomic E-state index is 13.1. The minimum Gasteiger partial charge on any atom is -0.356 e. The van der Waals surface area contributed by atoms with Crippen LogP contribution in [0.2, 0.25) is 0 Å². The first-order chi connectivity index (χ1) is 12.9. The van der Waals surface area contributed by atoms with E-state index in [-0.39, 0.29) is 5.82 Å². The van der Waals surface area contributed by atoms with Gasteiger partial charge in [0.15, 0.2) is 15.8 Å². The average Bonchev–Trinajstić information content (AvgIpc) is 2.63. The van der Waals surface area contributed by atoms with Crippen LogP contribution in [0.1, 0.15) is 17.5 Å². The van der Waals surface area contributed by atoms with Gasteiger partial charge >= 0.3 is 0 Å². The van der Waals surface area contributed by atoms with Crippen molar-refractivity contribution in [2.75, 3.05) is 26.4 Å². The number of sulfone groups is 1. The lowest BCUT2D eigenvalue weighted by molar-refractivity contribution is 0.602. The molecule has 0 unspecified atom stereocenters. The molecule has 0 radical (unpaired) electrons. The van der Waals surface area contributed by atoms with Gasteiger partial charge in [0.25, 0.3) is 0 Å². The number of halogens is 1. The van der Waals surface area contributed by atoms with Crippen LogP contribution >= 0.6 is 0 Å². The van der Waals surface area contributed by atoms with Gasteiger partial charge in [-0.15, -0.1) is 0 Å². The number of nitrogens with one attached hydrogen (secondary N) is 2. The van der Waals surface area contributed by atoms with Gasteiger partial charge < -0.3 is 10.6 Å². The highest BCUT2D eigenvalue weighted by molar-refractivity contribution is 7.90. The molecular weight excluding hydrogens is 365 g/mol. The monoisotopic (exact) mass is 391 g/mol. The Hall–Kier alpha value is -2.41. The van der Waals surface area contributed by atoms with Gasteiger partial charge in [0.1, 0.15) is 5.82 Å². The van der Waals surface area contributed by atoms with E-state index in [1.54, 1.807) is 31.3 Å². The summed E-state index contributed by atoms with van der Waals surface area (Å²) in [6.07, 6.45) is 3.63. The van der Waals surface area contributed by atoms with E-state index in [0.29, 0.717) is 17.4 Å². The second-order valence-corrected chi connectivity index (χ2v) is 8.34. The van der Waals surface area contributed by atoms with Crippen molar-refractivity contribution >= 4 is 15.8 Å². The Labute approximate surface area is 160 Å². The lowest BCUT2D eigenvalue weighted by Gasteiger charge is -2.12. The van der Waals surface area contributed by atoms with Crippen molar-refractivity contribution in [2.24, 2.45) is 4.99 Å². The summed E-state index contributed by atoms with van der Waals surface area (Å²) in [6, 6.07) is 13.6. The Balaban J connectivity index is 1.69. The Kier molecular flexibility index (Phi) is 7.79. The van der Waals surface area contributed by atoms with Crippen molar-refractivity contribution in [1.82, 2.24) is 10.6 Å². The number of hydrogen-bond donors (Lipinski definition) is 2. The van der Waals surface area contributed by atoms with Crippen molar-refractivity contribution in [1.29, 1.82) is 0 Å². The standard InChI is InChI=1S/C20H26FN3O2S/c1-22-20(23-13-4-6-17-5-3-7-18(21)15-17)24-14-12-16-8-10-19(11-9-16)27(2,25)26/h3,5,7-11,15H,4,6,12-14H2,1-2H3,(H2,22,23,24). The molecular formula is C20H26FN3O2S. The van der Waals surface area contributed by atoms with E-state index in [1.807, 2.05) is 18.2 Å². The summed E-state index contributed by atoms with van der Waals surface area (Å²) < 4.78 is 36.1. The maximum atomic E-state index is 13.1. The summed E-state index contributed by atoms with van der Waals surface area (Å²) in [7, 11) is -1.45. The molecule has 0 atom stereocenters. The summed E-state index contributed by atoms with van der Waals surface area (Å²) in [6.45, 7) is 1.42. The number of nitrogens with zero attached hydrogens (tertiary/aromatic N) is 1. The van der Waals surface area contributed by atoms with Crippen LogP contribution in [0, 0.1) is 5.82 Å². The van der Waals surface area contributed by atoms with Crippen molar-refractivity contribution < 1.29 is 12.8 Å². The predicted molar refractivity (Wildman–Crippen MR) is 107 cm³/mol. The van der Waals surface area contributed by atoms with Crippen LogP contribution in [-0.2, 0) is 22.7 Å². The number of aryl methyl sites for hydroxylation is 1. The molecule has 0 amide bonds. The highest BCUT2D eigenvalue weighted by atomic mass is 32.2. The molecule has 27 heavy (non-hydrogen) atoms. The van der Waals surface area contributed by atoms with Crippen molar-refractivity contribution in [2.45, 2.75) is 24.2 Å². The summed E-state index contributed by atoms with van der Waals surface area (Å²) in [5.41, 5.74) is 2.04. The first-order valence-corrected chi connectivity index (χ1v) is 10.8. The molecule has 2 rings (SSSR count). The van der Waals surface area contributed by atoms with Crippen molar-refractivity contribution in [3.8, 4) is 0 Å². The molecule has 146 valence electrons. The summed E-state index contributed by atoms with van der Waals surface area (Å²) in [5.74, 6) is 0.504. The first-order valence-electron chi connectivity index (χ1n) is 8.86. The molecule has 0 aromatic heterocycles. The zero-order valence-corrected chi connectivity index (χ0v) is 16.5. The number of guanidine groups is 1. The third-order valence-electron chi connectivity index (χ3n) is 4.10. The van der Waals surface area contributed by atoms with Gasteiger partial charge in [-0.2, -0.15) is 0 Å². The quantitative estimate of drug-likeness (QED) is 0.412. The van der Waals surface area contributed by atoms with Crippen LogP contribution in [0.25, 0.3) is 0 Å². The van der Waals surface area contributed by atoms with E-state index in [9.17, 15) is 12.8 Å². The van der Waals surface area contributed by atoms with Crippen LogP contribution in [0.15, 0.2) is 58.4 Å². The smallest absolute Gasteiger partial charge is 0.190 e. The maximum Gasteiger partial charge on any atom is 0.190 e. The SMILES string of the molecule is CN=C(NCCCc1cccc(F)c1)NCCc1ccc(S(C)(=O)=O)cc1. The second kappa shape index (κ2) is 10.1. The van der Waals surface area contributed by atoms with Gasteiger partial charge in [0.05, 0.1) is 4.90 Å². The van der Waals surface area contributed by atoms with E-state index in [0.717, 1.165) is 36.9 Å². The predicted octanol–water partition coefficient (Wildman–Crippen LogP) is 2.57. The molecule has 0 spiro atoms. The number of aliphatic imine (C=N–C) groups is 1. The summed E-state index contributed by atoms with van der Waals surface area (Å²) in [4.78, 5) is 4.51. The molecule has 2 aromatic rings. The number of hydrogen-bond acceptors (Lipinski definition) is 3. The van der Waals surface area contributed by atoms with Crippen LogP contribution in [-0.4, -0.2) is 40.8 Å². The van der Waals surface area contributed by atoms with E-state index in [2.05, 4.69) is 15.6 Å². The van der Waals surface area contributed by atoms with Crippen molar-refractivity contribution in [3.63, 3.8) is 0 Å². The van der Waals surface area contributed by atoms with E-state index in [1.165, 1.54) is 12.3 Å².